The van der Waals surface area contributed by atoms with Crippen LogP contribution in [0.25, 0.3) is 0 Å². The third-order valence-corrected chi connectivity index (χ3v) is 0.289. The first-order valence-electron chi connectivity index (χ1n) is 1.47. The van der Waals surface area contributed by atoms with Crippen LogP contribution < -0.4 is 0 Å². The van der Waals surface area contributed by atoms with E-state index in [2.05, 4.69) is 0 Å². The smallest absolute Gasteiger partial charge is 0.247 e. The largest absolute Gasteiger partial charge is 0.355 e. The average molecular weight is 58.1 g/mol. The fraction of sp³-hybridized carbons (Fsp3) is 0.667. The Bertz CT molecular complexity index is 40.2. The minimum Gasteiger partial charge on any atom is -0.247 e. The number of carbonyl (C=O) groups is 1. The highest BCUT2D eigenvalue weighted by molar-refractivity contribution is 5.65. The van der Waals surface area contributed by atoms with Crippen LogP contribution in [0.3, 0.4) is 0 Å². The molecule has 5 heavy (non-hydrogen) atoms. The van der Waals surface area contributed by atoms with E-state index in [-0.39, 0.29) is 6.42 Å². The minimum atomic E-state index is -0.995. The Kier molecular flexibility index (Phi) is 1.57. The Hall–Kier alpha value is -0.530. The zero-order valence-corrected chi connectivity index (χ0v) is 3.02. The maximum Gasteiger partial charge on any atom is 0.355 e. The molecule has 0 unspecified atom stereocenters. The van der Waals surface area contributed by atoms with E-state index in [1.54, 1.807) is 0 Å². The monoisotopic (exact) mass is 58.0 g/mol. The van der Waals surface area contributed by atoms with Crippen LogP contribution in [0.5, 0.6) is 0 Å². The van der Waals surface area contributed by atoms with E-state index in [1.807, 2.05) is 0 Å². The summed E-state index contributed by atoms with van der Waals surface area (Å²) in [5.41, 5.74) is 0. The second-order valence-corrected chi connectivity index (χ2v) is 0.726. The van der Waals surface area contributed by atoms with E-state index < -0.39 is 5.97 Å². The lowest BCUT2D eigenvalue weighted by molar-refractivity contribution is -0.142. The number of carbonyl (C=O) groups excluding carboxylic acids is 1. The maximum absolute atomic E-state index is 9.26. The molecule has 0 bridgehead atoms. The van der Waals surface area contributed by atoms with Crippen LogP contribution in [0, 0.1) is 0 Å². The molecule has 0 heterocycles. The molecule has 0 aliphatic heterocycles. The van der Waals surface area contributed by atoms with Crippen LogP contribution in [-0.4, -0.2) is 5.97 Å². The topological polar surface area (TPSA) is 37.0 Å². The zero-order valence-electron chi connectivity index (χ0n) is 3.02. The molecule has 0 spiro atoms. The van der Waals surface area contributed by atoms with E-state index in [0.29, 0.717) is 0 Å². The van der Waals surface area contributed by atoms with E-state index in [4.69, 9.17) is 0 Å². The summed E-state index contributed by atoms with van der Waals surface area (Å²) in [7, 11) is 0. The van der Waals surface area contributed by atoms with Crippen molar-refractivity contribution in [1.29, 1.82) is 0 Å². The minimum absolute atomic E-state index is 0.111. The third-order valence-electron chi connectivity index (χ3n) is 0.289. The SMILES string of the molecule is CCC(=O)[1O]. The molecule has 29 valence electrons. The molecule has 0 saturated heterocycles. The van der Waals surface area contributed by atoms with Crippen LogP contribution in [0.4, 0.5) is 0 Å². The van der Waals surface area contributed by atoms with Crippen molar-refractivity contribution in [3.05, 3.63) is 0 Å². The van der Waals surface area contributed by atoms with Crippen molar-refractivity contribution in [2.24, 2.45) is 0 Å². The van der Waals surface area contributed by atoms with Gasteiger partial charge in [0.05, 0.1) is 0 Å². The average Bonchev–Trinajstić information content (AvgIpc) is 1.38. The van der Waals surface area contributed by atoms with Gasteiger partial charge in [-0.3, -0.25) is 0 Å². The molecule has 0 aromatic carbocycles. The van der Waals surface area contributed by atoms with Gasteiger partial charge >= 0.3 is 5.97 Å². The lowest BCUT2D eigenvalue weighted by Gasteiger charge is -1.65. The van der Waals surface area contributed by atoms with Gasteiger partial charge in [-0.15, -0.1) is 0 Å². The van der Waals surface area contributed by atoms with Crippen molar-refractivity contribution in [3.63, 3.8) is 0 Å². The molecule has 2 nitrogen and oxygen atoms in total. The van der Waals surface area contributed by atoms with Crippen molar-refractivity contribution in [3.8, 4) is 0 Å². The molecule has 0 rings (SSSR count). The molecule has 0 aromatic heterocycles. The summed E-state index contributed by atoms with van der Waals surface area (Å²) >= 11 is 0. The predicted molar refractivity (Wildman–Crippen MR) is 16.0 cm³/mol. The fourth-order valence-corrected chi connectivity index (χ4v) is 0. The maximum atomic E-state index is 9.26. The normalized spacial score (nSPS) is 7.40. The molecule has 1 radical (unpaired) electrons. The number of rotatable bonds is 1. The van der Waals surface area contributed by atoms with Crippen molar-refractivity contribution >= 4 is 5.97 Å². The molecular formula is C3H5O2. The van der Waals surface area contributed by atoms with Crippen molar-refractivity contribution in [2.45, 2.75) is 13.3 Å². The van der Waals surface area contributed by atoms with Gasteiger partial charge < -0.3 is 0 Å². The Morgan fingerprint density at radius 1 is 2.00 bits per heavy atom. The summed E-state index contributed by atoms with van der Waals surface area (Å²) < 4.78 is 0. The molecule has 0 saturated carbocycles. The first kappa shape index (κ1) is 4.47. The van der Waals surface area contributed by atoms with Crippen molar-refractivity contribution in [2.75, 3.05) is 0 Å². The molecule has 0 fully saturated rings. The third kappa shape index (κ3) is 3.47. The van der Waals surface area contributed by atoms with Gasteiger partial charge in [-0.05, 0) is 0 Å². The summed E-state index contributed by atoms with van der Waals surface area (Å²) in [6.45, 7) is 1.54. The van der Waals surface area contributed by atoms with Crippen LogP contribution in [-0.2, 0) is 9.90 Å². The molecule has 0 amide bonds. The van der Waals surface area contributed by atoms with Gasteiger partial charge in [0.15, 0.2) is 0 Å². The van der Waals surface area contributed by atoms with Crippen LogP contribution in [0.1, 0.15) is 13.3 Å². The molecule has 0 N–H and O–H groups in total. The zero-order chi connectivity index (χ0) is 4.28. The highest BCUT2D eigenvalue weighted by Gasteiger charge is 1.85. The second-order valence-electron chi connectivity index (χ2n) is 0.726. The van der Waals surface area contributed by atoms with Crippen LogP contribution in [0.2, 0.25) is 0 Å². The fourth-order valence-electron chi connectivity index (χ4n) is 0. The first-order valence-corrected chi connectivity index (χ1v) is 1.47. The Labute approximate surface area is 30.4 Å². The molecule has 0 aliphatic carbocycles. The van der Waals surface area contributed by atoms with Gasteiger partial charge in [-0.1, -0.05) is 6.92 Å². The molecule has 0 atom stereocenters. The van der Waals surface area contributed by atoms with E-state index >= 15 is 0 Å². The lowest BCUT2D eigenvalue weighted by atomic mass is 0.909. The van der Waals surface area contributed by atoms with Gasteiger partial charge in [0.2, 0.25) is 0 Å². The molecular weight excluding hydrogens is 53.0 g/mol. The summed E-state index contributed by atoms with van der Waals surface area (Å²) in [4.78, 5) is 9.26. The van der Waals surface area contributed by atoms with Gasteiger partial charge in [0.1, 0.15) is 0 Å². The van der Waals surface area contributed by atoms with Gasteiger partial charge in [-0.25, -0.2) is 9.90 Å². The predicted octanol–water partition coefficient (Wildman–Crippen LogP) is 0.353. The lowest BCUT2D eigenvalue weighted by Crippen LogP contribution is -1.83. The van der Waals surface area contributed by atoms with Crippen LogP contribution >= 0.6 is 0 Å². The molecule has 0 aromatic rings. The highest BCUT2D eigenvalue weighted by Crippen LogP contribution is 1.68. The Morgan fingerprint density at radius 3 is 2.20 bits per heavy atom. The number of hydrogen-bond donors (Lipinski definition) is 0. The quantitative estimate of drug-likeness (QED) is 0.428. The van der Waals surface area contributed by atoms with Crippen molar-refractivity contribution < 1.29 is 9.90 Å². The van der Waals surface area contributed by atoms with E-state index in [9.17, 15) is 9.90 Å². The summed E-state index contributed by atoms with van der Waals surface area (Å²) in [6, 6.07) is 0. The highest BCUT2D eigenvalue weighted by atomic mass is 16.1. The Morgan fingerprint density at radius 2 is 2.20 bits per heavy atom. The first-order chi connectivity index (χ1) is 2.27. The van der Waals surface area contributed by atoms with Gasteiger partial charge in [0, 0.05) is 6.42 Å². The summed E-state index contributed by atoms with van der Waals surface area (Å²) in [6.07, 6.45) is 0.111. The van der Waals surface area contributed by atoms with Gasteiger partial charge in [-0.2, -0.15) is 0 Å². The summed E-state index contributed by atoms with van der Waals surface area (Å²) in [5, 5.41) is 9.26. The molecule has 0 aliphatic rings. The van der Waals surface area contributed by atoms with E-state index in [0.717, 1.165) is 0 Å². The standard InChI is InChI=1S/C3H5O2/c1-2-3(4)5/h2H2,1H3/i4-15. The van der Waals surface area contributed by atoms with E-state index in [1.165, 1.54) is 6.92 Å². The van der Waals surface area contributed by atoms with Crippen molar-refractivity contribution in [1.82, 2.24) is 0 Å². The Balaban J connectivity index is 2.85. The number of hydrogen-bond acceptors (Lipinski definition) is 1. The van der Waals surface area contributed by atoms with Gasteiger partial charge in [0.25, 0.3) is 0 Å². The van der Waals surface area contributed by atoms with Crippen LogP contribution in [0.15, 0.2) is 0 Å². The molecule has 2 heteroatoms. The second kappa shape index (κ2) is 1.76. The summed E-state index contributed by atoms with van der Waals surface area (Å²) in [5.74, 6) is -0.995.